The van der Waals surface area contributed by atoms with E-state index in [1.807, 2.05) is 18.2 Å². The van der Waals surface area contributed by atoms with E-state index in [0.29, 0.717) is 29.7 Å². The molecule has 0 aromatic heterocycles. The number of rotatable bonds is 16. The molecule has 3 aromatic carbocycles. The first-order valence-corrected chi connectivity index (χ1v) is 14.8. The highest BCUT2D eigenvalue weighted by molar-refractivity contribution is 6.03. The predicted octanol–water partition coefficient (Wildman–Crippen LogP) is 8.97. The van der Waals surface area contributed by atoms with Gasteiger partial charge in [0.2, 0.25) is 0 Å². The van der Waals surface area contributed by atoms with Gasteiger partial charge >= 0.3 is 11.9 Å². The molecule has 0 aliphatic rings. The van der Waals surface area contributed by atoms with Crippen molar-refractivity contribution in [1.82, 2.24) is 0 Å². The third-order valence-electron chi connectivity index (χ3n) is 6.71. The Balaban J connectivity index is 0.000000382. The molecular weight excluding hydrogens is 504 g/mol. The number of fused-ring (bicyclic) bond motifs is 1. The van der Waals surface area contributed by atoms with Gasteiger partial charge in [-0.1, -0.05) is 121 Å². The number of esters is 2. The third-order valence-corrected chi connectivity index (χ3v) is 6.71. The van der Waals surface area contributed by atoms with E-state index in [1.54, 1.807) is 36.4 Å². The molecule has 0 aliphatic heterocycles. The smallest absolute Gasteiger partial charge is 0.339 e. The van der Waals surface area contributed by atoms with Crippen LogP contribution in [0.5, 0.6) is 11.5 Å². The molecule has 0 fully saturated rings. The zero-order valence-electron chi connectivity index (χ0n) is 24.2. The highest BCUT2D eigenvalue weighted by Crippen LogP contribution is 2.32. The minimum Gasteiger partial charge on any atom is -0.504 e. The number of aromatic hydroxyl groups is 2. The van der Waals surface area contributed by atoms with Crippen LogP contribution in [0.3, 0.4) is 0 Å². The van der Waals surface area contributed by atoms with Gasteiger partial charge in [0.25, 0.3) is 0 Å². The summed E-state index contributed by atoms with van der Waals surface area (Å²) in [7, 11) is 0. The largest absolute Gasteiger partial charge is 0.504 e. The summed E-state index contributed by atoms with van der Waals surface area (Å²) in [5.74, 6) is -1.01. The number of hydrogen-bond donors (Lipinski definition) is 2. The van der Waals surface area contributed by atoms with Gasteiger partial charge in [-0.2, -0.15) is 0 Å². The Morgan fingerprint density at radius 3 is 1.55 bits per heavy atom. The van der Waals surface area contributed by atoms with E-state index >= 15 is 0 Å². The lowest BCUT2D eigenvalue weighted by atomic mass is 10.1. The van der Waals surface area contributed by atoms with Crippen LogP contribution in [-0.2, 0) is 9.47 Å². The standard InChI is InChI=1S/C24H38O4.C10H8O2/c1-3-5-7-9-11-15-19-27-23(25)21-17-13-14-18-22(21)24(26)28-20-16-12-10-8-6-4-2;11-9-6-5-7-3-1-2-4-8(7)10(9)12/h13-14,17-18H,3-12,15-16,19-20H2,1-2H3;1-6,11-12H. The normalized spacial score (nSPS) is 10.6. The summed E-state index contributed by atoms with van der Waals surface area (Å²) >= 11 is 0. The summed E-state index contributed by atoms with van der Waals surface area (Å²) in [6.07, 6.45) is 13.6. The topological polar surface area (TPSA) is 93.1 Å². The number of hydrogen-bond acceptors (Lipinski definition) is 6. The van der Waals surface area contributed by atoms with E-state index in [-0.39, 0.29) is 11.5 Å². The number of benzene rings is 3. The molecule has 6 heteroatoms. The van der Waals surface area contributed by atoms with E-state index in [0.717, 1.165) is 31.1 Å². The quantitative estimate of drug-likeness (QED) is 0.105. The molecule has 2 N–H and O–H groups in total. The molecule has 40 heavy (non-hydrogen) atoms. The van der Waals surface area contributed by atoms with Crippen molar-refractivity contribution in [3.8, 4) is 11.5 Å². The molecule has 0 aliphatic carbocycles. The summed E-state index contributed by atoms with van der Waals surface area (Å²) < 4.78 is 10.7. The third kappa shape index (κ3) is 11.7. The molecule has 6 nitrogen and oxygen atoms in total. The van der Waals surface area contributed by atoms with E-state index in [2.05, 4.69) is 13.8 Å². The summed E-state index contributed by atoms with van der Waals surface area (Å²) in [5.41, 5.74) is 0.586. The molecule has 0 atom stereocenters. The molecule has 0 bridgehead atoms. The first-order chi connectivity index (χ1) is 19.5. The number of carbonyl (C=O) groups excluding carboxylic acids is 2. The summed E-state index contributed by atoms with van der Waals surface area (Å²) in [5, 5.41) is 20.2. The van der Waals surface area contributed by atoms with Gasteiger partial charge in [0, 0.05) is 5.39 Å². The van der Waals surface area contributed by atoms with Gasteiger partial charge in [-0.15, -0.1) is 0 Å². The summed E-state index contributed by atoms with van der Waals surface area (Å²) in [4.78, 5) is 24.7. The molecule has 0 saturated carbocycles. The Bertz CT molecular complexity index is 1110. The molecule has 0 amide bonds. The lowest BCUT2D eigenvalue weighted by molar-refractivity contribution is 0.0450. The number of unbranched alkanes of at least 4 members (excludes halogenated alkanes) is 10. The van der Waals surface area contributed by atoms with Crippen LogP contribution in [0, 0.1) is 0 Å². The van der Waals surface area contributed by atoms with Gasteiger partial charge in [0.1, 0.15) is 0 Å². The second kappa shape index (κ2) is 19.5. The van der Waals surface area contributed by atoms with Crippen LogP contribution in [0.25, 0.3) is 10.8 Å². The first kappa shape index (κ1) is 32.7. The maximum absolute atomic E-state index is 12.4. The van der Waals surface area contributed by atoms with Crippen LogP contribution >= 0.6 is 0 Å². The van der Waals surface area contributed by atoms with Gasteiger partial charge in [0.15, 0.2) is 11.5 Å². The highest BCUT2D eigenvalue weighted by atomic mass is 16.5. The predicted molar refractivity (Wildman–Crippen MR) is 161 cm³/mol. The van der Waals surface area contributed by atoms with Gasteiger partial charge < -0.3 is 19.7 Å². The van der Waals surface area contributed by atoms with E-state index < -0.39 is 11.9 Å². The fourth-order valence-electron chi connectivity index (χ4n) is 4.33. The summed E-state index contributed by atoms with van der Waals surface area (Å²) in [6.45, 7) is 5.17. The second-order valence-electron chi connectivity index (χ2n) is 10.0. The van der Waals surface area contributed by atoms with Gasteiger partial charge in [-0.3, -0.25) is 0 Å². The molecule has 0 spiro atoms. The van der Waals surface area contributed by atoms with Crippen LogP contribution in [-0.4, -0.2) is 35.4 Å². The molecule has 0 radical (unpaired) electrons. The Hall–Kier alpha value is -3.54. The average Bonchev–Trinajstić information content (AvgIpc) is 2.98. The SMILES string of the molecule is CCCCCCCCOC(=O)c1ccccc1C(=O)OCCCCCCCC.Oc1ccc2ccccc2c1O. The summed E-state index contributed by atoms with van der Waals surface area (Å²) in [6, 6.07) is 17.4. The monoisotopic (exact) mass is 550 g/mol. The minimum absolute atomic E-state index is 0.0481. The Morgan fingerprint density at radius 2 is 1.02 bits per heavy atom. The first-order valence-electron chi connectivity index (χ1n) is 14.8. The van der Waals surface area contributed by atoms with Gasteiger partial charge in [0.05, 0.1) is 24.3 Å². The van der Waals surface area contributed by atoms with Crippen molar-refractivity contribution < 1.29 is 29.3 Å². The lowest BCUT2D eigenvalue weighted by Gasteiger charge is -2.10. The number of phenolic OH excluding ortho intramolecular Hbond substituents is 2. The van der Waals surface area contributed by atoms with E-state index in [9.17, 15) is 14.7 Å². The van der Waals surface area contributed by atoms with Crippen molar-refractivity contribution in [2.24, 2.45) is 0 Å². The van der Waals surface area contributed by atoms with E-state index in [4.69, 9.17) is 14.6 Å². The zero-order chi connectivity index (χ0) is 29.0. The van der Waals surface area contributed by atoms with Crippen LogP contribution in [0.2, 0.25) is 0 Å². The van der Waals surface area contributed by atoms with Crippen molar-refractivity contribution in [3.63, 3.8) is 0 Å². The Kier molecular flexibility index (Phi) is 15.9. The van der Waals surface area contributed by atoms with Crippen molar-refractivity contribution in [2.45, 2.75) is 90.9 Å². The van der Waals surface area contributed by atoms with Gasteiger partial charge in [-0.05, 0) is 36.4 Å². The van der Waals surface area contributed by atoms with E-state index in [1.165, 1.54) is 57.4 Å². The Labute approximate surface area is 239 Å². The molecule has 3 rings (SSSR count). The number of ether oxygens (including phenoxy) is 2. The van der Waals surface area contributed by atoms with Crippen molar-refractivity contribution in [3.05, 3.63) is 71.8 Å². The second-order valence-corrected chi connectivity index (χ2v) is 10.0. The van der Waals surface area contributed by atoms with Crippen molar-refractivity contribution >= 4 is 22.7 Å². The Morgan fingerprint density at radius 1 is 0.575 bits per heavy atom. The van der Waals surface area contributed by atoms with Crippen molar-refractivity contribution in [1.29, 1.82) is 0 Å². The maximum Gasteiger partial charge on any atom is 0.339 e. The fraction of sp³-hybridized carbons (Fsp3) is 0.471. The minimum atomic E-state index is -0.444. The average molecular weight is 551 g/mol. The zero-order valence-corrected chi connectivity index (χ0v) is 24.2. The van der Waals surface area contributed by atoms with Crippen LogP contribution < -0.4 is 0 Å². The lowest BCUT2D eigenvalue weighted by Crippen LogP contribution is -2.15. The number of carbonyl (C=O) groups is 2. The van der Waals surface area contributed by atoms with Crippen molar-refractivity contribution in [2.75, 3.05) is 13.2 Å². The highest BCUT2D eigenvalue weighted by Gasteiger charge is 2.18. The fourth-order valence-corrected chi connectivity index (χ4v) is 4.33. The number of phenols is 2. The van der Waals surface area contributed by atoms with Crippen LogP contribution in [0.15, 0.2) is 60.7 Å². The molecule has 0 heterocycles. The van der Waals surface area contributed by atoms with Crippen LogP contribution in [0.1, 0.15) is 112 Å². The maximum atomic E-state index is 12.4. The molecule has 218 valence electrons. The molecule has 0 saturated heterocycles. The molecule has 3 aromatic rings. The van der Waals surface area contributed by atoms with Gasteiger partial charge in [-0.25, -0.2) is 9.59 Å². The molecule has 0 unspecified atom stereocenters. The van der Waals surface area contributed by atoms with Crippen LogP contribution in [0.4, 0.5) is 0 Å². The molecular formula is C34H46O6.